The number of benzene rings is 1. The Bertz CT molecular complexity index is 1410. The van der Waals surface area contributed by atoms with Crippen LogP contribution in [0.5, 0.6) is 5.75 Å². The molecule has 2 aliphatic heterocycles. The van der Waals surface area contributed by atoms with E-state index in [0.717, 1.165) is 30.4 Å². The number of anilines is 1. The Morgan fingerprint density at radius 2 is 1.82 bits per heavy atom. The van der Waals surface area contributed by atoms with Crippen molar-refractivity contribution in [2.45, 2.75) is 80.4 Å². The van der Waals surface area contributed by atoms with Crippen LogP contribution in [0.15, 0.2) is 41.4 Å². The zero-order valence-electron chi connectivity index (χ0n) is 22.1. The van der Waals surface area contributed by atoms with Gasteiger partial charge in [0.05, 0.1) is 5.54 Å². The van der Waals surface area contributed by atoms with Crippen LogP contribution in [0, 0.1) is 6.92 Å². The molecule has 1 spiro atoms. The van der Waals surface area contributed by atoms with Gasteiger partial charge < -0.3 is 14.7 Å². The number of aromatic nitrogens is 1. The summed E-state index contributed by atoms with van der Waals surface area (Å²) in [6.45, 7) is 3.40. The summed E-state index contributed by atoms with van der Waals surface area (Å²) < 4.78 is 34.9. The Morgan fingerprint density at radius 1 is 1.08 bits per heavy atom. The molecule has 39 heavy (non-hydrogen) atoms. The maximum absolute atomic E-state index is 13.3. The van der Waals surface area contributed by atoms with Gasteiger partial charge in [-0.1, -0.05) is 37.5 Å². The molecular weight excluding hydrogens is 520 g/mol. The van der Waals surface area contributed by atoms with Gasteiger partial charge in [-0.2, -0.15) is 8.42 Å². The van der Waals surface area contributed by atoms with Gasteiger partial charge >= 0.3 is 6.09 Å². The van der Waals surface area contributed by atoms with Crippen molar-refractivity contribution < 1.29 is 27.9 Å². The highest BCUT2D eigenvalue weighted by atomic mass is 32.2. The number of sulfonamides is 1. The fourth-order valence-electron chi connectivity index (χ4n) is 6.17. The van der Waals surface area contributed by atoms with Crippen LogP contribution in [0.25, 0.3) is 0 Å². The van der Waals surface area contributed by atoms with Crippen molar-refractivity contribution in [1.82, 2.24) is 14.6 Å². The van der Waals surface area contributed by atoms with E-state index in [4.69, 9.17) is 4.74 Å². The average Bonchev–Trinajstić information content (AvgIpc) is 3.64. The van der Waals surface area contributed by atoms with E-state index in [-0.39, 0.29) is 5.03 Å². The van der Waals surface area contributed by atoms with E-state index in [1.54, 1.807) is 12.1 Å². The van der Waals surface area contributed by atoms with Gasteiger partial charge in [-0.15, -0.1) is 0 Å². The van der Waals surface area contributed by atoms with Crippen LogP contribution in [-0.2, 0) is 14.8 Å². The summed E-state index contributed by atoms with van der Waals surface area (Å²) in [5, 5.41) is 9.09. The van der Waals surface area contributed by atoms with Gasteiger partial charge in [0.25, 0.3) is 15.9 Å². The first kappa shape index (κ1) is 25.9. The summed E-state index contributed by atoms with van der Waals surface area (Å²) >= 11 is 0. The minimum Gasteiger partial charge on any atom is -0.477 e. The number of likely N-dealkylation sites (tertiary alicyclic amines) is 1. The van der Waals surface area contributed by atoms with E-state index in [1.807, 2.05) is 17.9 Å². The third-order valence-electron chi connectivity index (χ3n) is 8.75. The number of hydrogen-bond donors (Lipinski definition) is 2. The highest BCUT2D eigenvalue weighted by Crippen LogP contribution is 2.45. The van der Waals surface area contributed by atoms with Crippen molar-refractivity contribution in [3.8, 4) is 5.75 Å². The van der Waals surface area contributed by atoms with Crippen LogP contribution < -0.4 is 14.4 Å². The molecule has 4 aliphatic rings. The minimum atomic E-state index is -4.24. The average molecular weight is 555 g/mol. The first-order chi connectivity index (χ1) is 18.6. The number of carbonyl (C=O) groups is 2. The van der Waals surface area contributed by atoms with Crippen LogP contribution in [0.1, 0.15) is 68.4 Å². The molecule has 3 heterocycles. The minimum absolute atomic E-state index is 0.257. The lowest BCUT2D eigenvalue weighted by atomic mass is 9.78. The molecule has 2 saturated heterocycles. The molecule has 208 valence electrons. The van der Waals surface area contributed by atoms with Crippen molar-refractivity contribution in [1.29, 1.82) is 0 Å². The second kappa shape index (κ2) is 9.39. The number of nitrogens with zero attached hydrogens (tertiary/aromatic N) is 3. The molecule has 0 unspecified atom stereocenters. The lowest BCUT2D eigenvalue weighted by Gasteiger charge is -2.61. The lowest BCUT2D eigenvalue weighted by molar-refractivity contribution is -0.128. The molecule has 1 aromatic carbocycles. The molecule has 0 bridgehead atoms. The predicted molar refractivity (Wildman–Crippen MR) is 143 cm³/mol. The maximum atomic E-state index is 13.3. The monoisotopic (exact) mass is 554 g/mol. The number of ether oxygens (including phenoxy) is 1. The summed E-state index contributed by atoms with van der Waals surface area (Å²) in [6.07, 6.45) is 6.45. The molecule has 0 atom stereocenters. The predicted octanol–water partition coefficient (Wildman–Crippen LogP) is 3.80. The lowest BCUT2D eigenvalue weighted by Crippen LogP contribution is -2.78. The van der Waals surface area contributed by atoms with Gasteiger partial charge in [-0.05, 0) is 61.4 Å². The Balaban J connectivity index is 1.15. The second-order valence-corrected chi connectivity index (χ2v) is 13.1. The fraction of sp³-hybridized carbons (Fsp3) is 0.536. The highest BCUT2D eigenvalue weighted by Gasteiger charge is 2.56. The van der Waals surface area contributed by atoms with Crippen molar-refractivity contribution in [2.75, 3.05) is 24.5 Å². The van der Waals surface area contributed by atoms with E-state index in [1.165, 1.54) is 30.2 Å². The number of carboxylic acid groups (broad SMARTS) is 1. The number of hydrogen-bond acceptors (Lipinski definition) is 7. The first-order valence-corrected chi connectivity index (χ1v) is 15.2. The Morgan fingerprint density at radius 3 is 2.46 bits per heavy atom. The fourth-order valence-corrected chi connectivity index (χ4v) is 7.18. The summed E-state index contributed by atoms with van der Waals surface area (Å²) in [7, 11) is -4.24. The topological polar surface area (TPSA) is 129 Å². The molecule has 0 radical (unpaired) electrons. The van der Waals surface area contributed by atoms with Gasteiger partial charge in [-0.25, -0.2) is 14.5 Å². The first-order valence-electron chi connectivity index (χ1n) is 13.7. The van der Waals surface area contributed by atoms with Crippen molar-refractivity contribution >= 4 is 27.8 Å². The number of aryl methyl sites for hydroxylation is 1. The number of pyridine rings is 1. The molecule has 2 aromatic rings. The van der Waals surface area contributed by atoms with E-state index in [0.29, 0.717) is 50.0 Å². The highest BCUT2D eigenvalue weighted by molar-refractivity contribution is 7.90. The van der Waals surface area contributed by atoms with E-state index < -0.39 is 33.2 Å². The largest absolute Gasteiger partial charge is 0.477 e. The van der Waals surface area contributed by atoms with Crippen LogP contribution in [0.4, 0.5) is 10.6 Å². The third-order valence-corrected chi connectivity index (χ3v) is 9.98. The zero-order valence-corrected chi connectivity index (χ0v) is 22.9. The van der Waals surface area contributed by atoms with Crippen LogP contribution >= 0.6 is 0 Å². The molecular formula is C28H34N4O6S. The van der Waals surface area contributed by atoms with Crippen LogP contribution in [0.3, 0.4) is 0 Å². The Labute approximate surface area is 228 Å². The maximum Gasteiger partial charge on any atom is 0.407 e. The van der Waals surface area contributed by atoms with Crippen LogP contribution in [0.2, 0.25) is 0 Å². The zero-order chi connectivity index (χ0) is 27.4. The molecule has 6 rings (SSSR count). The molecule has 10 nitrogen and oxygen atoms in total. The molecule has 2 amide bonds. The van der Waals surface area contributed by atoms with Gasteiger partial charge in [0.1, 0.15) is 11.6 Å². The number of rotatable bonds is 7. The van der Waals surface area contributed by atoms with Gasteiger partial charge in [0, 0.05) is 32.5 Å². The second-order valence-electron chi connectivity index (χ2n) is 11.5. The summed E-state index contributed by atoms with van der Waals surface area (Å²) in [5.41, 5.74) is 0.488. The van der Waals surface area contributed by atoms with E-state index in [9.17, 15) is 23.1 Å². The van der Waals surface area contributed by atoms with Crippen molar-refractivity contribution in [2.24, 2.45) is 0 Å². The summed E-state index contributed by atoms with van der Waals surface area (Å²) in [4.78, 5) is 32.3. The van der Waals surface area contributed by atoms with Gasteiger partial charge in [0.15, 0.2) is 10.6 Å². The number of carbonyl (C=O) groups excluding carboxylic acids is 1. The summed E-state index contributed by atoms with van der Waals surface area (Å²) in [6, 6.07) is 10.7. The van der Waals surface area contributed by atoms with Crippen LogP contribution in [-0.4, -0.2) is 66.2 Å². The molecule has 11 heteroatoms. The van der Waals surface area contributed by atoms with Crippen molar-refractivity contribution in [3.05, 3.63) is 47.5 Å². The number of nitrogens with one attached hydrogen (secondary N) is 1. The molecule has 1 aromatic heterocycles. The quantitative estimate of drug-likeness (QED) is 0.529. The Hall–Kier alpha value is -3.34. The third kappa shape index (κ3) is 4.70. The van der Waals surface area contributed by atoms with Crippen molar-refractivity contribution in [3.63, 3.8) is 0 Å². The van der Waals surface area contributed by atoms with Gasteiger partial charge in [0.2, 0.25) is 0 Å². The van der Waals surface area contributed by atoms with Gasteiger partial charge in [-0.3, -0.25) is 9.69 Å². The standard InChI is InChI=1S/C28H34N4O6S/c1-19-10-11-21(20-6-3-2-4-7-20)22(16-19)38-28(12-13-28)25(33)30-39(36,37)24-9-5-8-23(29-24)31-17-27(18-31)14-15-32(27)26(34)35/h5,8-11,16,20H,2-4,6-7,12-15,17-18H2,1H3,(H,30,33)(H,34,35). The Kier molecular flexibility index (Phi) is 6.24. The molecule has 2 aliphatic carbocycles. The normalized spacial score (nSPS) is 21.6. The summed E-state index contributed by atoms with van der Waals surface area (Å²) in [5.74, 6) is 0.806. The molecule has 2 saturated carbocycles. The SMILES string of the molecule is Cc1ccc(C2CCCCC2)c(OC2(C(=O)NS(=O)(=O)c3cccc(N4CC5(CCN5C(=O)O)C4)n3)CC2)c1. The number of amides is 2. The van der Waals surface area contributed by atoms with E-state index >= 15 is 0 Å². The van der Waals surface area contributed by atoms with E-state index in [2.05, 4.69) is 21.8 Å². The molecule has 4 fully saturated rings. The smallest absolute Gasteiger partial charge is 0.407 e. The molecule has 2 N–H and O–H groups in total.